The minimum absolute atomic E-state index is 0.0712. The average molecular weight is 686 g/mol. The predicted octanol–water partition coefficient (Wildman–Crippen LogP) is 8.09. The van der Waals surface area contributed by atoms with Gasteiger partial charge in [-0.3, -0.25) is 24.5 Å². The van der Waals surface area contributed by atoms with Gasteiger partial charge in [0.05, 0.1) is 15.1 Å². The Hall–Kier alpha value is -6.11. The minimum atomic E-state index is -0.637. The van der Waals surface area contributed by atoms with E-state index in [1.54, 1.807) is 48.5 Å². The van der Waals surface area contributed by atoms with Gasteiger partial charge in [-0.05, 0) is 71.8 Å². The molecule has 1 aromatic heterocycles. The predicted molar refractivity (Wildman–Crippen MR) is 193 cm³/mol. The van der Waals surface area contributed by atoms with Crippen LogP contribution in [-0.4, -0.2) is 27.6 Å². The van der Waals surface area contributed by atoms with Crippen molar-refractivity contribution in [1.29, 1.82) is 0 Å². The van der Waals surface area contributed by atoms with E-state index in [9.17, 15) is 24.5 Å². The Bertz CT molecular complexity index is 2140. The van der Waals surface area contributed by atoms with Crippen molar-refractivity contribution in [3.8, 4) is 0 Å². The maximum absolute atomic E-state index is 13.7. The molecule has 49 heavy (non-hydrogen) atoms. The van der Waals surface area contributed by atoms with E-state index in [4.69, 9.17) is 0 Å². The Morgan fingerprint density at radius 2 is 1.49 bits per heavy atom. The molecule has 5 aromatic carbocycles. The molecule has 3 amide bonds. The normalized spacial score (nSPS) is 11.8. The molecule has 242 valence electrons. The Kier molecular flexibility index (Phi) is 10.2. The Morgan fingerprint density at radius 3 is 2.20 bits per heavy atom. The highest BCUT2D eigenvalue weighted by molar-refractivity contribution is 8.00. The number of nitro benzene ring substituents is 1. The molecule has 0 bridgehead atoms. The lowest BCUT2D eigenvalue weighted by molar-refractivity contribution is -0.384. The fourth-order valence-electron chi connectivity index (χ4n) is 4.78. The first-order chi connectivity index (χ1) is 23.8. The van der Waals surface area contributed by atoms with Crippen molar-refractivity contribution in [2.45, 2.75) is 10.1 Å². The Balaban J connectivity index is 1.23. The van der Waals surface area contributed by atoms with Gasteiger partial charge in [-0.15, -0.1) is 11.8 Å². The molecule has 6 aromatic rings. The Labute approximate surface area is 289 Å². The summed E-state index contributed by atoms with van der Waals surface area (Å²) in [4.78, 5) is 56.2. The third-order valence-corrected chi connectivity index (χ3v) is 9.35. The van der Waals surface area contributed by atoms with E-state index in [0.29, 0.717) is 26.8 Å². The quantitative estimate of drug-likeness (QED) is 0.0541. The van der Waals surface area contributed by atoms with Gasteiger partial charge < -0.3 is 16.0 Å². The molecular weight excluding hydrogens is 659 g/mol. The molecule has 1 atom stereocenters. The summed E-state index contributed by atoms with van der Waals surface area (Å²) in [6, 6.07) is 38.1. The fourth-order valence-corrected chi connectivity index (χ4v) is 6.73. The summed E-state index contributed by atoms with van der Waals surface area (Å²) in [6.07, 6.45) is 1.44. The van der Waals surface area contributed by atoms with Gasteiger partial charge in [0.25, 0.3) is 17.5 Å². The maximum Gasteiger partial charge on any atom is 0.272 e. The second-order valence-electron chi connectivity index (χ2n) is 10.6. The van der Waals surface area contributed by atoms with Crippen molar-refractivity contribution in [1.82, 2.24) is 10.3 Å². The summed E-state index contributed by atoms with van der Waals surface area (Å²) in [5.41, 5.74) is 2.66. The highest BCUT2D eigenvalue weighted by Crippen LogP contribution is 2.38. The maximum atomic E-state index is 13.7. The van der Waals surface area contributed by atoms with Gasteiger partial charge in [0, 0.05) is 28.3 Å². The number of carbonyl (C=O) groups excluding carboxylic acids is 3. The molecular formula is C37H27N5O5S2. The van der Waals surface area contributed by atoms with Gasteiger partial charge >= 0.3 is 0 Å². The number of rotatable bonds is 11. The van der Waals surface area contributed by atoms with E-state index in [0.717, 1.165) is 15.8 Å². The number of anilines is 2. The molecule has 6 rings (SSSR count). The lowest BCUT2D eigenvalue weighted by Gasteiger charge is -2.17. The number of thiazole rings is 1. The van der Waals surface area contributed by atoms with E-state index in [1.807, 2.05) is 60.7 Å². The second kappa shape index (κ2) is 15.2. The molecule has 0 aliphatic rings. The molecule has 0 radical (unpaired) electrons. The summed E-state index contributed by atoms with van der Waals surface area (Å²) in [5, 5.41) is 19.5. The van der Waals surface area contributed by atoms with Crippen LogP contribution < -0.4 is 16.0 Å². The number of carbonyl (C=O) groups is 3. The van der Waals surface area contributed by atoms with Gasteiger partial charge in [0.1, 0.15) is 10.9 Å². The molecule has 3 N–H and O–H groups in total. The first-order valence-corrected chi connectivity index (χ1v) is 16.6. The molecule has 0 aliphatic heterocycles. The number of benzene rings is 5. The number of fused-ring (bicyclic) bond motifs is 1. The van der Waals surface area contributed by atoms with E-state index in [2.05, 4.69) is 20.9 Å². The zero-order valence-electron chi connectivity index (χ0n) is 25.6. The van der Waals surface area contributed by atoms with Crippen molar-refractivity contribution in [3.63, 3.8) is 0 Å². The smallest absolute Gasteiger partial charge is 0.272 e. The van der Waals surface area contributed by atoms with Crippen molar-refractivity contribution < 1.29 is 19.3 Å². The number of hydrogen-bond donors (Lipinski definition) is 3. The number of nitrogens with one attached hydrogen (secondary N) is 3. The summed E-state index contributed by atoms with van der Waals surface area (Å²) in [7, 11) is 0. The SMILES string of the molecule is O=C(Nc1cccc(SC(C(=O)Nc2nc3ccccc3s2)c2ccccc2)c1)/C(=C\c1ccc([N+](=O)[O-])cc1)NC(=O)c1ccccc1. The van der Waals surface area contributed by atoms with Gasteiger partial charge in [-0.25, -0.2) is 4.98 Å². The zero-order chi connectivity index (χ0) is 34.2. The zero-order valence-corrected chi connectivity index (χ0v) is 27.2. The van der Waals surface area contributed by atoms with Gasteiger partial charge in [0.15, 0.2) is 5.13 Å². The third-order valence-electron chi connectivity index (χ3n) is 7.15. The number of para-hydroxylation sites is 1. The number of thioether (sulfide) groups is 1. The largest absolute Gasteiger partial charge is 0.321 e. The number of nitro groups is 1. The fraction of sp³-hybridized carbons (Fsp3) is 0.0270. The monoisotopic (exact) mass is 685 g/mol. The van der Waals surface area contributed by atoms with Gasteiger partial charge in [-0.2, -0.15) is 0 Å². The summed E-state index contributed by atoms with van der Waals surface area (Å²) in [6.45, 7) is 0. The number of aromatic nitrogens is 1. The molecule has 1 heterocycles. The van der Waals surface area contributed by atoms with Crippen molar-refractivity contribution in [2.75, 3.05) is 10.6 Å². The van der Waals surface area contributed by atoms with E-state index >= 15 is 0 Å². The van der Waals surface area contributed by atoms with E-state index in [-0.39, 0.29) is 17.3 Å². The third kappa shape index (κ3) is 8.44. The molecule has 0 fully saturated rings. The molecule has 0 spiro atoms. The van der Waals surface area contributed by atoms with Crippen LogP contribution in [0.15, 0.2) is 144 Å². The molecule has 10 nitrogen and oxygen atoms in total. The second-order valence-corrected chi connectivity index (χ2v) is 12.8. The average Bonchev–Trinajstić information content (AvgIpc) is 3.53. The summed E-state index contributed by atoms with van der Waals surface area (Å²) in [5.74, 6) is -1.36. The summed E-state index contributed by atoms with van der Waals surface area (Å²) >= 11 is 2.71. The number of amides is 3. The molecule has 1 unspecified atom stereocenters. The van der Waals surface area contributed by atoms with Crippen LogP contribution in [0.1, 0.15) is 26.7 Å². The van der Waals surface area contributed by atoms with Crippen LogP contribution in [0.5, 0.6) is 0 Å². The van der Waals surface area contributed by atoms with Crippen molar-refractivity contribution in [3.05, 3.63) is 166 Å². The topological polar surface area (TPSA) is 143 Å². The van der Waals surface area contributed by atoms with Gasteiger partial charge in [0.2, 0.25) is 5.91 Å². The summed E-state index contributed by atoms with van der Waals surface area (Å²) < 4.78 is 0.965. The van der Waals surface area contributed by atoms with Crippen LogP contribution in [0.25, 0.3) is 16.3 Å². The lowest BCUT2D eigenvalue weighted by atomic mass is 10.1. The number of hydrogen-bond acceptors (Lipinski definition) is 8. The first-order valence-electron chi connectivity index (χ1n) is 14.9. The highest BCUT2D eigenvalue weighted by Gasteiger charge is 2.24. The minimum Gasteiger partial charge on any atom is -0.321 e. The van der Waals surface area contributed by atoms with E-state index < -0.39 is 22.0 Å². The lowest BCUT2D eigenvalue weighted by Crippen LogP contribution is -2.30. The molecule has 0 saturated heterocycles. The van der Waals surface area contributed by atoms with Crippen molar-refractivity contribution >= 4 is 73.6 Å². The van der Waals surface area contributed by atoms with Crippen molar-refractivity contribution in [2.24, 2.45) is 0 Å². The van der Waals surface area contributed by atoms with Crippen LogP contribution in [0.4, 0.5) is 16.5 Å². The van der Waals surface area contributed by atoms with Crippen LogP contribution in [0, 0.1) is 10.1 Å². The van der Waals surface area contributed by atoms with Crippen LogP contribution in [0.2, 0.25) is 0 Å². The molecule has 0 aliphatic carbocycles. The van der Waals surface area contributed by atoms with E-state index in [1.165, 1.54) is 53.4 Å². The number of nitrogens with zero attached hydrogens (tertiary/aromatic N) is 2. The Morgan fingerprint density at radius 1 is 0.796 bits per heavy atom. The van der Waals surface area contributed by atoms with Gasteiger partial charge in [-0.1, -0.05) is 78.1 Å². The van der Waals surface area contributed by atoms with Crippen LogP contribution in [-0.2, 0) is 9.59 Å². The van der Waals surface area contributed by atoms with Crippen LogP contribution >= 0.6 is 23.1 Å². The standard InChI is InChI=1S/C37H27N5O5S2/c43-34(26-12-5-2-6-13-26)39-31(22-24-18-20-28(21-19-24)42(46)47)35(44)38-27-14-9-15-29(23-27)48-33(25-10-3-1-4-11-25)36(45)41-37-40-30-16-7-8-17-32(30)49-37/h1-23,33H,(H,38,44)(H,39,43)(H,40,41,45)/b31-22+. The first kappa shape index (κ1) is 32.8. The van der Waals surface area contributed by atoms with Crippen LogP contribution in [0.3, 0.4) is 0 Å². The molecule has 0 saturated carbocycles. The number of non-ortho nitro benzene ring substituents is 1. The molecule has 12 heteroatoms. The highest BCUT2D eigenvalue weighted by atomic mass is 32.2.